The van der Waals surface area contributed by atoms with Gasteiger partial charge >= 0.3 is 29.8 Å². The summed E-state index contributed by atoms with van der Waals surface area (Å²) in [5, 5.41) is 37.4. The van der Waals surface area contributed by atoms with E-state index in [0.29, 0.717) is 47.6 Å². The molecule has 9 atom stereocenters. The molecule has 0 spiro atoms. The van der Waals surface area contributed by atoms with Crippen LogP contribution < -0.4 is 10.1 Å². The van der Waals surface area contributed by atoms with Crippen LogP contribution in [0.3, 0.4) is 0 Å². The molecule has 1 aromatic rings. The first-order chi connectivity index (χ1) is 41.9. The fraction of sp³-hybridized carbons (Fsp3) is 0.656. The highest BCUT2D eigenvalue weighted by molar-refractivity contribution is 7.44. The van der Waals surface area contributed by atoms with Gasteiger partial charge in [-0.3, -0.25) is 47.8 Å². The number of rotatable bonds is 35. The summed E-state index contributed by atoms with van der Waals surface area (Å²) in [4.78, 5) is 100. The number of benzene rings is 1. The van der Waals surface area contributed by atoms with Crippen LogP contribution in [0.4, 0.5) is 4.79 Å². The number of phenols is 1. The summed E-state index contributed by atoms with van der Waals surface area (Å²) < 4.78 is 62.1. The number of hydrogen-bond acceptors (Lipinski definition) is 22. The number of Topliss-reactive ketones (excluding diaryl/α,β-unsaturated/α-hetero) is 3. The Labute approximate surface area is 526 Å². The SMILES string of the molecule is CCC(=O)OCOC(=O)NCC(=O)OCCN(CCCCC(P=O)P=O)CC(=O)O[C@H]([C@@H](C)[C@@H](O)[C@@H](C)[C@H](O)[C@H](C)[C@H](/C=C/O[C@@]1(C)Oc2c(C)c(O)c3c(c2C1=O)/C(=N/C1(C)CCN(CC(C)C)CC1)C(C)=C(C)C3=O)OC)[C@@H](C)/C=C/C=C(/C)C(C)=O. The van der Waals surface area contributed by atoms with E-state index in [0.717, 1.165) is 32.5 Å². The molecule has 494 valence electrons. The number of amides is 1. The Morgan fingerprint density at radius 2 is 1.48 bits per heavy atom. The predicted molar refractivity (Wildman–Crippen MR) is 334 cm³/mol. The van der Waals surface area contributed by atoms with Gasteiger partial charge in [0, 0.05) is 87.0 Å². The summed E-state index contributed by atoms with van der Waals surface area (Å²) in [6.45, 7) is 25.5. The third-order valence-corrected chi connectivity index (χ3v) is 18.5. The van der Waals surface area contributed by atoms with Crippen molar-refractivity contribution in [1.29, 1.82) is 0 Å². The van der Waals surface area contributed by atoms with Crippen molar-refractivity contribution in [1.82, 2.24) is 15.1 Å². The van der Waals surface area contributed by atoms with Gasteiger partial charge in [0.25, 0.3) is 5.78 Å². The molecule has 1 fully saturated rings. The van der Waals surface area contributed by atoms with Crippen molar-refractivity contribution in [2.75, 3.05) is 66.3 Å². The second-order valence-corrected chi connectivity index (χ2v) is 26.4. The van der Waals surface area contributed by atoms with E-state index in [1.54, 1.807) is 85.4 Å². The number of nitrogens with zero attached hydrogens (tertiary/aromatic N) is 3. The molecule has 1 aliphatic carbocycles. The van der Waals surface area contributed by atoms with Gasteiger partial charge in [-0.2, -0.15) is 0 Å². The minimum absolute atomic E-state index is 0.0154. The highest BCUT2D eigenvalue weighted by Gasteiger charge is 2.52. The zero-order chi connectivity index (χ0) is 66.7. The number of carbonyl (C=O) groups excluding carboxylic acids is 7. The average molecular weight is 1290 g/mol. The third kappa shape index (κ3) is 20.7. The highest BCUT2D eigenvalue weighted by Crippen LogP contribution is 2.49. The lowest BCUT2D eigenvalue weighted by Crippen LogP contribution is -2.46. The summed E-state index contributed by atoms with van der Waals surface area (Å²) in [5.41, 5.74) is 1.84. The van der Waals surface area contributed by atoms with Crippen LogP contribution in [0, 0.1) is 36.5 Å². The molecule has 0 aromatic heterocycles. The smallest absolute Gasteiger partial charge is 0.410 e. The largest absolute Gasteiger partial charge is 0.507 e. The number of ketones is 3. The van der Waals surface area contributed by atoms with Crippen LogP contribution in [0.1, 0.15) is 160 Å². The molecule has 2 aliphatic heterocycles. The van der Waals surface area contributed by atoms with Gasteiger partial charge in [0.05, 0.1) is 53.5 Å². The van der Waals surface area contributed by atoms with Gasteiger partial charge in [0.2, 0.25) is 6.79 Å². The standard InChI is InChI=1S/C64H94N4O19P2/c1-16-47(70)83-35-84-62(78)65-32-48(71)82-31-29-67(26-18-17-22-50(88-79)89-80)34-49(72)86-59(38(5)21-19-20-37(4)45(12)69)43(10)56(74)42(9)55(73)41(8)46(81-15)23-30-85-64(14)61(77)53-51-52(58(76)44(11)60(53)87-64)57(75)40(7)39(6)54(51)66-63(13)24-27-68(28-25-63)33-36(2)3/h19-21,23,30,36,38,41-43,46,50,55-56,59,73-74,76H,16-18,22,24-29,31-35H2,1-15H3,(H,65,78)/b21-19+,30-23+,37-20-,66-54+/t38-,41+,42-,43-,46-,55+,56-,59-,64-/m0/s1. The molecule has 1 aromatic carbocycles. The topological polar surface area (TPSA) is 310 Å². The van der Waals surface area contributed by atoms with E-state index in [9.17, 15) is 58.0 Å². The van der Waals surface area contributed by atoms with Crippen molar-refractivity contribution >= 4 is 64.0 Å². The summed E-state index contributed by atoms with van der Waals surface area (Å²) >= 11 is 0. The van der Waals surface area contributed by atoms with Gasteiger partial charge in [-0.1, -0.05) is 73.1 Å². The lowest BCUT2D eigenvalue weighted by molar-refractivity contribution is -0.160. The van der Waals surface area contributed by atoms with Crippen LogP contribution >= 0.6 is 16.9 Å². The molecule has 0 bridgehead atoms. The molecule has 2 heterocycles. The second-order valence-electron chi connectivity index (χ2n) is 24.3. The monoisotopic (exact) mass is 1280 g/mol. The Morgan fingerprint density at radius 1 is 0.831 bits per heavy atom. The quantitative estimate of drug-likeness (QED) is 0.00719. The number of esters is 3. The van der Waals surface area contributed by atoms with Gasteiger partial charge in [-0.05, 0) is 96.9 Å². The summed E-state index contributed by atoms with van der Waals surface area (Å²) in [6, 6.07) is 0. The summed E-state index contributed by atoms with van der Waals surface area (Å²) in [7, 11) is 0.866. The van der Waals surface area contributed by atoms with Crippen LogP contribution in [-0.2, 0) is 56.7 Å². The number of aliphatic hydroxyl groups excluding tert-OH is 2. The van der Waals surface area contributed by atoms with E-state index in [2.05, 4.69) is 35.7 Å². The number of carbonyl (C=O) groups is 7. The number of allylic oxidation sites excluding steroid dienone is 5. The minimum Gasteiger partial charge on any atom is -0.507 e. The second kappa shape index (κ2) is 34.9. The number of ether oxygens (including phenoxy) is 7. The third-order valence-electron chi connectivity index (χ3n) is 16.9. The molecular formula is C64H94N4O19P2. The maximum absolute atomic E-state index is 14.8. The minimum atomic E-state index is -1.98. The first kappa shape index (κ1) is 75.4. The van der Waals surface area contributed by atoms with Crippen molar-refractivity contribution < 1.29 is 91.2 Å². The summed E-state index contributed by atoms with van der Waals surface area (Å²) in [6.07, 6.45) is 5.06. The molecule has 25 heteroatoms. The Hall–Kier alpha value is -6.06. The molecule has 23 nitrogen and oxygen atoms in total. The van der Waals surface area contributed by atoms with E-state index in [-0.39, 0.29) is 89.1 Å². The van der Waals surface area contributed by atoms with Crippen LogP contribution in [0.2, 0.25) is 0 Å². The van der Waals surface area contributed by atoms with E-state index in [4.69, 9.17) is 33.4 Å². The number of aliphatic imine (C=N–C) groups is 1. The lowest BCUT2D eigenvalue weighted by atomic mass is 9.78. The molecule has 4 N–H and O–H groups in total. The number of piperidine rings is 1. The van der Waals surface area contributed by atoms with Crippen molar-refractivity contribution in [3.8, 4) is 11.5 Å². The zero-order valence-electron chi connectivity index (χ0n) is 54.4. The van der Waals surface area contributed by atoms with E-state index < -0.39 is 114 Å². The molecule has 0 saturated carbocycles. The van der Waals surface area contributed by atoms with Crippen molar-refractivity contribution in [3.63, 3.8) is 0 Å². The first-order valence-corrected chi connectivity index (χ1v) is 32.2. The molecule has 1 saturated heterocycles. The van der Waals surface area contributed by atoms with Gasteiger partial charge in [-0.25, -0.2) is 4.79 Å². The van der Waals surface area contributed by atoms with Crippen LogP contribution in [0.5, 0.6) is 11.5 Å². The molecular weight excluding hydrogens is 1190 g/mol. The van der Waals surface area contributed by atoms with E-state index in [1.165, 1.54) is 33.3 Å². The number of fused-ring (bicyclic) bond motifs is 3. The molecule has 89 heavy (non-hydrogen) atoms. The first-order valence-electron chi connectivity index (χ1n) is 30.5. The number of phenolic OH excluding ortho intramolecular Hbond substituents is 1. The van der Waals surface area contributed by atoms with Gasteiger partial charge in [0.15, 0.2) is 28.5 Å². The normalized spacial score (nSPS) is 20.6. The van der Waals surface area contributed by atoms with Gasteiger partial charge in [0.1, 0.15) is 36.2 Å². The van der Waals surface area contributed by atoms with Crippen LogP contribution in [-0.4, -0.2) is 180 Å². The van der Waals surface area contributed by atoms with Crippen molar-refractivity contribution in [2.45, 2.75) is 177 Å². The Morgan fingerprint density at radius 3 is 2.09 bits per heavy atom. The summed E-state index contributed by atoms with van der Waals surface area (Å²) in [5.74, 6) is -8.10. The maximum Gasteiger partial charge on any atom is 0.410 e. The fourth-order valence-electron chi connectivity index (χ4n) is 10.9. The Balaban J connectivity index is 1.54. The molecule has 0 radical (unpaired) electrons. The molecule has 4 rings (SSSR count). The van der Waals surface area contributed by atoms with Crippen LogP contribution in [0.25, 0.3) is 0 Å². The zero-order valence-corrected chi connectivity index (χ0v) is 56.2. The lowest BCUT2D eigenvalue weighted by Gasteiger charge is -2.38. The number of likely N-dealkylation sites (tertiary alicyclic amines) is 1. The average Bonchev–Trinajstić information content (AvgIpc) is 1.69. The van der Waals surface area contributed by atoms with E-state index in [1.807, 2.05) is 0 Å². The molecule has 3 aliphatic rings. The molecule has 1 amide bonds. The number of nitrogens with one attached hydrogen (secondary N) is 1. The maximum atomic E-state index is 14.8. The van der Waals surface area contributed by atoms with Crippen molar-refractivity contribution in [2.24, 2.45) is 34.6 Å². The number of alkyl carbamates (subject to hydrolysis) is 1. The number of aromatic hydroxyl groups is 1. The van der Waals surface area contributed by atoms with Crippen molar-refractivity contribution in [3.05, 3.63) is 69.5 Å². The van der Waals surface area contributed by atoms with E-state index >= 15 is 0 Å². The van der Waals surface area contributed by atoms with Gasteiger partial charge < -0.3 is 58.7 Å². The number of hydrogen-bond donors (Lipinski definition) is 4. The Kier molecular flexibility index (Phi) is 29.6. The van der Waals surface area contributed by atoms with Gasteiger partial charge in [-0.15, -0.1) is 0 Å². The number of methoxy groups -OCH3 is 1. The van der Waals surface area contributed by atoms with Crippen LogP contribution in [0.15, 0.2) is 52.3 Å². The number of unbranched alkanes of at least 4 members (excludes halogenated alkanes) is 1. The number of aliphatic hydroxyl groups is 2. The molecule has 0 unspecified atom stereocenters. The highest BCUT2D eigenvalue weighted by atomic mass is 31.1. The Bertz CT molecular complexity index is 2870. The predicted octanol–water partition coefficient (Wildman–Crippen LogP) is 9.20. The fourth-order valence-corrected chi connectivity index (χ4v) is 11.7.